The standard InChI is InChI=1S/C10H12ClN3O2/c1-6(15)13-9-3-2-7(4-8(9)11)14-10(16)5-12/h2-4H,5,12H2,1H3,(H,13,15)(H,14,16). The van der Waals surface area contributed by atoms with E-state index in [1.807, 2.05) is 0 Å². The fraction of sp³-hybridized carbons (Fsp3) is 0.200. The number of hydrogen-bond donors (Lipinski definition) is 3. The van der Waals surface area contributed by atoms with Crippen LogP contribution in [0.15, 0.2) is 18.2 Å². The number of nitrogens with one attached hydrogen (secondary N) is 2. The molecule has 0 saturated heterocycles. The molecule has 1 aromatic rings. The minimum atomic E-state index is -0.302. The fourth-order valence-electron chi connectivity index (χ4n) is 1.10. The zero-order chi connectivity index (χ0) is 12.1. The lowest BCUT2D eigenvalue weighted by atomic mass is 10.2. The Morgan fingerprint density at radius 1 is 1.38 bits per heavy atom. The molecule has 1 rings (SSSR count). The molecule has 0 spiro atoms. The average molecular weight is 242 g/mol. The highest BCUT2D eigenvalue weighted by molar-refractivity contribution is 6.34. The van der Waals surface area contributed by atoms with E-state index in [0.29, 0.717) is 16.4 Å². The van der Waals surface area contributed by atoms with Crippen molar-refractivity contribution in [2.24, 2.45) is 5.73 Å². The Hall–Kier alpha value is -1.59. The lowest BCUT2D eigenvalue weighted by molar-refractivity contribution is -0.115. The molecule has 0 aliphatic heterocycles. The summed E-state index contributed by atoms with van der Waals surface area (Å²) in [6.07, 6.45) is 0. The number of hydrogen-bond acceptors (Lipinski definition) is 3. The van der Waals surface area contributed by atoms with Gasteiger partial charge in [0.2, 0.25) is 11.8 Å². The molecule has 0 unspecified atom stereocenters. The number of carbonyl (C=O) groups is 2. The molecule has 6 heteroatoms. The van der Waals surface area contributed by atoms with Gasteiger partial charge in [0.05, 0.1) is 17.3 Å². The Balaban J connectivity index is 2.82. The summed E-state index contributed by atoms with van der Waals surface area (Å²) in [5, 5.41) is 5.46. The van der Waals surface area contributed by atoms with Crippen molar-refractivity contribution in [2.45, 2.75) is 6.92 Å². The van der Waals surface area contributed by atoms with Crippen molar-refractivity contribution in [1.29, 1.82) is 0 Å². The number of halogens is 1. The highest BCUT2D eigenvalue weighted by atomic mass is 35.5. The van der Waals surface area contributed by atoms with E-state index in [2.05, 4.69) is 10.6 Å². The zero-order valence-electron chi connectivity index (χ0n) is 8.71. The van der Waals surface area contributed by atoms with Crippen LogP contribution in [-0.4, -0.2) is 18.4 Å². The molecule has 0 radical (unpaired) electrons. The number of nitrogens with two attached hydrogens (primary N) is 1. The summed E-state index contributed by atoms with van der Waals surface area (Å²) in [6.45, 7) is 1.30. The second-order valence-corrected chi connectivity index (χ2v) is 3.54. The Labute approximate surface area is 98.0 Å². The lowest BCUT2D eigenvalue weighted by Crippen LogP contribution is -2.21. The number of rotatable bonds is 3. The van der Waals surface area contributed by atoms with Crippen molar-refractivity contribution >= 4 is 34.8 Å². The third-order valence-electron chi connectivity index (χ3n) is 1.75. The molecule has 16 heavy (non-hydrogen) atoms. The van der Waals surface area contributed by atoms with Gasteiger partial charge in [-0.3, -0.25) is 9.59 Å². The van der Waals surface area contributed by atoms with E-state index >= 15 is 0 Å². The normalized spacial score (nSPS) is 9.69. The van der Waals surface area contributed by atoms with Crippen LogP contribution in [0.1, 0.15) is 6.92 Å². The van der Waals surface area contributed by atoms with E-state index in [0.717, 1.165) is 0 Å². The number of benzene rings is 1. The van der Waals surface area contributed by atoms with Crippen LogP contribution in [-0.2, 0) is 9.59 Å². The first kappa shape index (κ1) is 12.5. The van der Waals surface area contributed by atoms with Gasteiger partial charge in [-0.15, -0.1) is 0 Å². The minimum absolute atomic E-state index is 0.0922. The second kappa shape index (κ2) is 5.48. The molecule has 5 nitrogen and oxygen atoms in total. The molecule has 1 aromatic carbocycles. The van der Waals surface area contributed by atoms with Gasteiger partial charge in [0.15, 0.2) is 0 Å². The van der Waals surface area contributed by atoms with Crippen molar-refractivity contribution in [1.82, 2.24) is 0 Å². The minimum Gasteiger partial charge on any atom is -0.325 e. The Morgan fingerprint density at radius 3 is 2.56 bits per heavy atom. The predicted octanol–water partition coefficient (Wildman–Crippen LogP) is 1.20. The van der Waals surface area contributed by atoms with E-state index in [-0.39, 0.29) is 18.4 Å². The van der Waals surface area contributed by atoms with Gasteiger partial charge in [0.1, 0.15) is 0 Å². The van der Waals surface area contributed by atoms with E-state index < -0.39 is 0 Å². The second-order valence-electron chi connectivity index (χ2n) is 3.13. The fourth-order valence-corrected chi connectivity index (χ4v) is 1.32. The van der Waals surface area contributed by atoms with Gasteiger partial charge in [-0.1, -0.05) is 11.6 Å². The molecular weight excluding hydrogens is 230 g/mol. The highest BCUT2D eigenvalue weighted by Crippen LogP contribution is 2.25. The quantitative estimate of drug-likeness (QED) is 0.743. The first-order valence-electron chi connectivity index (χ1n) is 4.60. The molecule has 0 heterocycles. The van der Waals surface area contributed by atoms with Gasteiger partial charge in [0.25, 0.3) is 0 Å². The van der Waals surface area contributed by atoms with Crippen LogP contribution in [0.2, 0.25) is 5.02 Å². The maximum absolute atomic E-state index is 11.0. The predicted molar refractivity (Wildman–Crippen MR) is 63.4 cm³/mol. The summed E-state index contributed by atoms with van der Waals surface area (Å²) < 4.78 is 0. The van der Waals surface area contributed by atoms with Crippen LogP contribution >= 0.6 is 11.6 Å². The van der Waals surface area contributed by atoms with Gasteiger partial charge >= 0.3 is 0 Å². The van der Waals surface area contributed by atoms with Crippen LogP contribution in [0.3, 0.4) is 0 Å². The first-order valence-corrected chi connectivity index (χ1v) is 4.98. The SMILES string of the molecule is CC(=O)Nc1ccc(NC(=O)CN)cc1Cl. The average Bonchev–Trinajstić information content (AvgIpc) is 2.21. The molecule has 0 atom stereocenters. The largest absolute Gasteiger partial charge is 0.325 e. The Kier molecular flexibility index (Phi) is 4.28. The van der Waals surface area contributed by atoms with Gasteiger partial charge in [0, 0.05) is 12.6 Å². The summed E-state index contributed by atoms with van der Waals surface area (Å²) in [6, 6.07) is 4.78. The summed E-state index contributed by atoms with van der Waals surface area (Å²) in [5.74, 6) is -0.510. The smallest absolute Gasteiger partial charge is 0.238 e. The van der Waals surface area contributed by atoms with Crippen LogP contribution in [0, 0.1) is 0 Å². The van der Waals surface area contributed by atoms with Crippen molar-refractivity contribution in [3.8, 4) is 0 Å². The van der Waals surface area contributed by atoms with Crippen LogP contribution in [0.25, 0.3) is 0 Å². The Bertz CT molecular complexity index is 421. The molecule has 0 bridgehead atoms. The molecule has 2 amide bonds. The number of carbonyl (C=O) groups excluding carboxylic acids is 2. The number of anilines is 2. The summed E-state index contributed by atoms with van der Waals surface area (Å²) >= 11 is 5.90. The van der Waals surface area contributed by atoms with E-state index in [4.69, 9.17) is 17.3 Å². The third-order valence-corrected chi connectivity index (χ3v) is 2.06. The topological polar surface area (TPSA) is 84.2 Å². The maximum atomic E-state index is 11.0. The first-order chi connectivity index (χ1) is 7.52. The van der Waals surface area contributed by atoms with Gasteiger partial charge in [-0.25, -0.2) is 0 Å². The third kappa shape index (κ3) is 3.52. The molecule has 0 saturated carbocycles. The molecule has 0 aliphatic rings. The molecular formula is C10H12ClN3O2. The van der Waals surface area contributed by atoms with E-state index in [9.17, 15) is 9.59 Å². The monoisotopic (exact) mass is 241 g/mol. The number of amides is 2. The van der Waals surface area contributed by atoms with E-state index in [1.165, 1.54) is 6.92 Å². The molecule has 4 N–H and O–H groups in total. The zero-order valence-corrected chi connectivity index (χ0v) is 9.47. The van der Waals surface area contributed by atoms with Crippen LogP contribution in [0.5, 0.6) is 0 Å². The molecule has 0 fully saturated rings. The van der Waals surface area contributed by atoms with Gasteiger partial charge in [-0.05, 0) is 18.2 Å². The van der Waals surface area contributed by atoms with Crippen molar-refractivity contribution in [3.63, 3.8) is 0 Å². The van der Waals surface area contributed by atoms with Crippen LogP contribution in [0.4, 0.5) is 11.4 Å². The van der Waals surface area contributed by atoms with Gasteiger partial charge < -0.3 is 16.4 Å². The maximum Gasteiger partial charge on any atom is 0.238 e. The molecule has 86 valence electrons. The summed E-state index contributed by atoms with van der Waals surface area (Å²) in [4.78, 5) is 21.8. The lowest BCUT2D eigenvalue weighted by Gasteiger charge is -2.08. The highest BCUT2D eigenvalue weighted by Gasteiger charge is 2.05. The van der Waals surface area contributed by atoms with Gasteiger partial charge in [-0.2, -0.15) is 0 Å². The van der Waals surface area contributed by atoms with Crippen molar-refractivity contribution in [2.75, 3.05) is 17.2 Å². The van der Waals surface area contributed by atoms with Crippen LogP contribution < -0.4 is 16.4 Å². The summed E-state index contributed by atoms with van der Waals surface area (Å²) in [7, 11) is 0. The molecule has 0 aliphatic carbocycles. The van der Waals surface area contributed by atoms with Crippen molar-refractivity contribution in [3.05, 3.63) is 23.2 Å². The summed E-state index contributed by atoms with van der Waals surface area (Å²) in [5.41, 5.74) is 6.19. The molecule has 0 aromatic heterocycles. The van der Waals surface area contributed by atoms with Crippen molar-refractivity contribution < 1.29 is 9.59 Å². The Morgan fingerprint density at radius 2 is 2.06 bits per heavy atom. The van der Waals surface area contributed by atoms with E-state index in [1.54, 1.807) is 18.2 Å².